The van der Waals surface area contributed by atoms with Crippen molar-refractivity contribution in [1.29, 1.82) is 0 Å². The fourth-order valence-electron chi connectivity index (χ4n) is 10.5. The van der Waals surface area contributed by atoms with Gasteiger partial charge in [0.05, 0.1) is 12.2 Å². The summed E-state index contributed by atoms with van der Waals surface area (Å²) in [5.41, 5.74) is 18.0. The van der Waals surface area contributed by atoms with Crippen LogP contribution in [0.2, 0.25) is 0 Å². The highest BCUT2D eigenvalue weighted by atomic mass is 16.5. The van der Waals surface area contributed by atoms with E-state index in [0.717, 1.165) is 78.1 Å². The van der Waals surface area contributed by atoms with Crippen molar-refractivity contribution in [2.24, 2.45) is 46.3 Å². The topological polar surface area (TPSA) is 61.3 Å². The Morgan fingerprint density at radius 1 is 0.925 bits per heavy atom. The molecule has 3 saturated carbocycles. The van der Waals surface area contributed by atoms with Crippen molar-refractivity contribution in [2.45, 2.75) is 137 Å². The Bertz CT molecular complexity index is 1030. The molecule has 3 fully saturated rings. The van der Waals surface area contributed by atoms with Gasteiger partial charge in [-0.3, -0.25) is 0 Å². The van der Waals surface area contributed by atoms with Crippen molar-refractivity contribution in [1.82, 2.24) is 0 Å². The lowest BCUT2D eigenvalue weighted by Crippen LogP contribution is -2.51. The van der Waals surface area contributed by atoms with Gasteiger partial charge >= 0.3 is 0 Å². The second-order valence-corrected chi connectivity index (χ2v) is 15.4. The number of allylic oxidation sites excluding steroid dienone is 1. The highest BCUT2D eigenvalue weighted by molar-refractivity contribution is 5.62. The Balaban J connectivity index is 1.28. The van der Waals surface area contributed by atoms with Crippen molar-refractivity contribution < 1.29 is 4.74 Å². The van der Waals surface area contributed by atoms with Crippen LogP contribution in [0.15, 0.2) is 29.8 Å². The standard InChI is InChI=1S/C37H60N2O/c1-7-10-34(35-32(38)13-9-14-33(35)39)40-27-19-21-36(5)26(23-27)15-16-28-30-18-17-29(25(4)12-8-11-24(2)3)37(30,6)22-20-31(28)36/h9,13-15,24-25,27-31,34H,7-8,10-12,16-23,38-39H2,1-6H3/t25-,27+,28+,29-,30+,31+,34?,36+,37-/m1/s1. The first-order valence-electron chi connectivity index (χ1n) is 17.1. The van der Waals surface area contributed by atoms with Crippen LogP contribution in [0.5, 0.6) is 0 Å². The Morgan fingerprint density at radius 2 is 1.68 bits per heavy atom. The molecule has 0 spiro atoms. The Kier molecular flexibility index (Phi) is 9.01. The van der Waals surface area contributed by atoms with Gasteiger partial charge in [0.15, 0.2) is 0 Å². The van der Waals surface area contributed by atoms with Gasteiger partial charge in [-0.05, 0) is 116 Å². The van der Waals surface area contributed by atoms with Gasteiger partial charge in [0.2, 0.25) is 0 Å². The summed E-state index contributed by atoms with van der Waals surface area (Å²) in [6, 6.07) is 5.88. The molecule has 0 aromatic heterocycles. The van der Waals surface area contributed by atoms with Gasteiger partial charge in [-0.25, -0.2) is 0 Å². The van der Waals surface area contributed by atoms with E-state index in [0.29, 0.717) is 10.8 Å². The van der Waals surface area contributed by atoms with E-state index in [-0.39, 0.29) is 12.2 Å². The molecule has 1 aromatic carbocycles. The summed E-state index contributed by atoms with van der Waals surface area (Å²) in [6.45, 7) is 14.9. The van der Waals surface area contributed by atoms with Crippen molar-refractivity contribution in [2.75, 3.05) is 11.5 Å². The third kappa shape index (κ3) is 5.50. The molecular formula is C37H60N2O. The summed E-state index contributed by atoms with van der Waals surface area (Å²) < 4.78 is 6.88. The molecule has 9 atom stereocenters. The fourth-order valence-corrected chi connectivity index (χ4v) is 10.5. The monoisotopic (exact) mass is 548 g/mol. The Labute approximate surface area is 246 Å². The van der Waals surface area contributed by atoms with E-state index < -0.39 is 0 Å². The molecule has 40 heavy (non-hydrogen) atoms. The van der Waals surface area contributed by atoms with E-state index in [1.165, 1.54) is 57.8 Å². The number of hydrogen-bond donors (Lipinski definition) is 2. The molecule has 0 saturated heterocycles. The van der Waals surface area contributed by atoms with E-state index in [4.69, 9.17) is 16.2 Å². The molecule has 0 amide bonds. The molecule has 0 aliphatic heterocycles. The zero-order valence-electron chi connectivity index (χ0n) is 26.7. The number of fused-ring (bicyclic) bond motifs is 5. The van der Waals surface area contributed by atoms with Crippen LogP contribution >= 0.6 is 0 Å². The lowest BCUT2D eigenvalue weighted by molar-refractivity contribution is -0.0772. The number of rotatable bonds is 10. The minimum atomic E-state index is -0.00849. The van der Waals surface area contributed by atoms with Gasteiger partial charge < -0.3 is 16.2 Å². The zero-order chi connectivity index (χ0) is 28.7. The average Bonchev–Trinajstić information content (AvgIpc) is 3.26. The van der Waals surface area contributed by atoms with Crippen LogP contribution in [-0.4, -0.2) is 6.10 Å². The normalized spacial score (nSPS) is 36.9. The molecule has 3 nitrogen and oxygen atoms in total. The molecule has 4 N–H and O–H groups in total. The first-order valence-corrected chi connectivity index (χ1v) is 17.1. The molecule has 3 heteroatoms. The summed E-state index contributed by atoms with van der Waals surface area (Å²) in [4.78, 5) is 0. The van der Waals surface area contributed by atoms with Crippen molar-refractivity contribution in [3.63, 3.8) is 0 Å². The first kappa shape index (κ1) is 30.0. The number of hydrogen-bond acceptors (Lipinski definition) is 3. The molecule has 0 radical (unpaired) electrons. The van der Waals surface area contributed by atoms with Gasteiger partial charge in [-0.1, -0.05) is 84.9 Å². The summed E-state index contributed by atoms with van der Waals surface area (Å²) in [7, 11) is 0. The van der Waals surface area contributed by atoms with Crippen LogP contribution in [0.25, 0.3) is 0 Å². The maximum absolute atomic E-state index is 6.88. The number of ether oxygens (including phenoxy) is 1. The maximum Gasteiger partial charge on any atom is 0.0868 e. The van der Waals surface area contributed by atoms with E-state index in [2.05, 4.69) is 47.6 Å². The minimum absolute atomic E-state index is 0.00849. The van der Waals surface area contributed by atoms with Crippen LogP contribution in [0.3, 0.4) is 0 Å². The van der Waals surface area contributed by atoms with Crippen molar-refractivity contribution in [3.05, 3.63) is 35.4 Å². The van der Waals surface area contributed by atoms with Crippen LogP contribution in [0.4, 0.5) is 11.4 Å². The van der Waals surface area contributed by atoms with E-state index in [9.17, 15) is 0 Å². The molecule has 4 aliphatic carbocycles. The van der Waals surface area contributed by atoms with Gasteiger partial charge in [-0.15, -0.1) is 0 Å². The minimum Gasteiger partial charge on any atom is -0.398 e. The molecule has 0 heterocycles. The fraction of sp³-hybridized carbons (Fsp3) is 0.784. The van der Waals surface area contributed by atoms with Crippen LogP contribution < -0.4 is 11.5 Å². The smallest absolute Gasteiger partial charge is 0.0868 e. The maximum atomic E-state index is 6.88. The van der Waals surface area contributed by atoms with E-state index >= 15 is 0 Å². The molecule has 1 aromatic rings. The number of nitrogen functional groups attached to an aromatic ring is 2. The lowest BCUT2D eigenvalue weighted by Gasteiger charge is -2.58. The quantitative estimate of drug-likeness (QED) is 0.226. The summed E-state index contributed by atoms with van der Waals surface area (Å²) in [5, 5.41) is 0. The Hall–Kier alpha value is -1.48. The highest BCUT2D eigenvalue weighted by Crippen LogP contribution is 2.67. The first-order chi connectivity index (χ1) is 19.1. The summed E-state index contributed by atoms with van der Waals surface area (Å²) in [6.07, 6.45) is 19.9. The predicted molar refractivity (Wildman–Crippen MR) is 171 cm³/mol. The Morgan fingerprint density at radius 3 is 2.38 bits per heavy atom. The van der Waals surface area contributed by atoms with Gasteiger partial charge in [0.25, 0.3) is 0 Å². The van der Waals surface area contributed by atoms with Gasteiger partial charge in [0.1, 0.15) is 0 Å². The molecule has 5 rings (SSSR count). The van der Waals surface area contributed by atoms with Crippen LogP contribution in [0, 0.1) is 46.3 Å². The molecule has 224 valence electrons. The predicted octanol–water partition coefficient (Wildman–Crippen LogP) is 10.1. The SMILES string of the molecule is CCCC(O[C@H]1CC[C@@]2(C)C(=CC[C@H]3[C@@H]4CC[C@H]([C@H](C)CCCC(C)C)[C@@]4(C)CC[C@@H]32)C1)c1c(N)cccc1N. The second-order valence-electron chi connectivity index (χ2n) is 15.4. The van der Waals surface area contributed by atoms with E-state index in [1.54, 1.807) is 5.57 Å². The number of anilines is 2. The van der Waals surface area contributed by atoms with Crippen LogP contribution in [0.1, 0.15) is 137 Å². The van der Waals surface area contributed by atoms with Gasteiger partial charge in [0, 0.05) is 16.9 Å². The molecule has 0 bridgehead atoms. The highest BCUT2D eigenvalue weighted by Gasteiger charge is 2.59. The van der Waals surface area contributed by atoms with Crippen LogP contribution in [-0.2, 0) is 4.74 Å². The largest absolute Gasteiger partial charge is 0.398 e. The molecule has 1 unspecified atom stereocenters. The zero-order valence-corrected chi connectivity index (χ0v) is 26.7. The van der Waals surface area contributed by atoms with Gasteiger partial charge in [-0.2, -0.15) is 0 Å². The third-order valence-corrected chi connectivity index (χ3v) is 12.7. The molecular weight excluding hydrogens is 488 g/mol. The summed E-state index contributed by atoms with van der Waals surface area (Å²) in [5.74, 6) is 5.31. The van der Waals surface area contributed by atoms with Crippen molar-refractivity contribution >= 4 is 11.4 Å². The molecule has 4 aliphatic rings. The lowest BCUT2D eigenvalue weighted by atomic mass is 9.47. The average molecular weight is 549 g/mol. The summed E-state index contributed by atoms with van der Waals surface area (Å²) >= 11 is 0. The third-order valence-electron chi connectivity index (χ3n) is 12.7. The number of benzene rings is 1. The second kappa shape index (κ2) is 12.0. The van der Waals surface area contributed by atoms with Crippen molar-refractivity contribution in [3.8, 4) is 0 Å². The number of nitrogens with two attached hydrogens (primary N) is 2. The van der Waals surface area contributed by atoms with E-state index in [1.807, 2.05) is 18.2 Å².